The van der Waals surface area contributed by atoms with Gasteiger partial charge in [-0.1, -0.05) is 11.6 Å². The summed E-state index contributed by atoms with van der Waals surface area (Å²) in [4.78, 5) is 3.95. The van der Waals surface area contributed by atoms with E-state index in [1.165, 1.54) is 24.5 Å². The molecule has 1 aliphatic carbocycles. The van der Waals surface area contributed by atoms with E-state index in [0.717, 1.165) is 0 Å². The highest BCUT2D eigenvalue weighted by Crippen LogP contribution is 2.50. The van der Waals surface area contributed by atoms with Crippen molar-refractivity contribution in [2.24, 2.45) is 0 Å². The molecule has 1 fully saturated rings. The van der Waals surface area contributed by atoms with Crippen molar-refractivity contribution in [3.8, 4) is 11.5 Å². The van der Waals surface area contributed by atoms with Crippen LogP contribution in [-0.4, -0.2) is 32.4 Å². The summed E-state index contributed by atoms with van der Waals surface area (Å²) in [6.07, 6.45) is 3.78. The maximum atomic E-state index is 12.9. The molecule has 1 aromatic heterocycles. The normalized spacial score (nSPS) is 17.9. The molecule has 0 amide bonds. The van der Waals surface area contributed by atoms with Crippen molar-refractivity contribution < 1.29 is 31.4 Å². The van der Waals surface area contributed by atoms with Gasteiger partial charge < -0.3 is 14.2 Å². The second-order valence-corrected chi connectivity index (χ2v) is 8.35. The number of nitrogens with one attached hydrogen (secondary N) is 1. The van der Waals surface area contributed by atoms with Crippen molar-refractivity contribution in [1.29, 1.82) is 0 Å². The Balaban J connectivity index is 1.79. The van der Waals surface area contributed by atoms with Gasteiger partial charge in [0, 0.05) is 29.8 Å². The summed E-state index contributed by atoms with van der Waals surface area (Å²) in [5.41, 5.74) is 0.935. The Morgan fingerprint density at radius 3 is 2.68 bits per heavy atom. The van der Waals surface area contributed by atoms with Crippen molar-refractivity contribution >= 4 is 27.3 Å². The van der Waals surface area contributed by atoms with E-state index in [-0.39, 0.29) is 5.69 Å². The number of anilines is 1. The van der Waals surface area contributed by atoms with Gasteiger partial charge in [0.1, 0.15) is 11.5 Å². The summed E-state index contributed by atoms with van der Waals surface area (Å²) in [5, 5.41) is 0.384. The van der Waals surface area contributed by atoms with Crippen LogP contribution < -0.4 is 9.46 Å². The molecule has 0 radical (unpaired) electrons. The fraction of sp³-hybridized carbons (Fsp3) is 0.353. The number of ether oxygens (including phenoxy) is 3. The molecule has 1 N–H and O–H groups in total. The second kappa shape index (κ2) is 7.11. The van der Waals surface area contributed by atoms with Crippen LogP contribution in [-0.2, 0) is 31.7 Å². The number of fused-ring (bicyclic) bond motifs is 2. The first kappa shape index (κ1) is 19.3. The Bertz CT molecular complexity index is 1010. The first-order valence-corrected chi connectivity index (χ1v) is 10.3. The highest BCUT2D eigenvalue weighted by molar-refractivity contribution is 7.93. The molecule has 1 saturated heterocycles. The molecule has 1 aromatic carbocycles. The zero-order chi connectivity index (χ0) is 19.9. The molecule has 11 heteroatoms. The average Bonchev–Trinajstić information content (AvgIpc) is 3.26. The summed E-state index contributed by atoms with van der Waals surface area (Å²) in [7, 11) is -4.86. The lowest BCUT2D eigenvalue weighted by Crippen LogP contribution is -2.27. The standard InChI is InChI=1S/C17H15ClF2N2O5S/c18-10-7-11(9-21-8-10)27-14-2-1-13(22-28(23,24)16(19)20)15-12(14)3-4-17(15)25-5-6-26-17/h1-2,7-9,16,22H,3-6H2. The second-order valence-electron chi connectivity index (χ2n) is 6.26. The Hall–Kier alpha value is -2.01. The molecule has 0 bridgehead atoms. The van der Waals surface area contributed by atoms with Gasteiger partial charge in [0.25, 0.3) is 10.0 Å². The molecule has 0 unspecified atom stereocenters. The molecule has 2 aromatic rings. The molecule has 7 nitrogen and oxygen atoms in total. The monoisotopic (exact) mass is 432 g/mol. The molecular weight excluding hydrogens is 418 g/mol. The Morgan fingerprint density at radius 1 is 1.25 bits per heavy atom. The van der Waals surface area contributed by atoms with Crippen LogP contribution in [0.15, 0.2) is 30.6 Å². The Morgan fingerprint density at radius 2 is 2.00 bits per heavy atom. The van der Waals surface area contributed by atoms with Crippen LogP contribution in [0.1, 0.15) is 17.5 Å². The van der Waals surface area contributed by atoms with Gasteiger partial charge in [-0.15, -0.1) is 0 Å². The Kier molecular flexibility index (Phi) is 4.90. The number of nitrogens with zero attached hydrogens (tertiary/aromatic N) is 1. The smallest absolute Gasteiger partial charge is 0.355 e. The fourth-order valence-electron chi connectivity index (χ4n) is 3.42. The van der Waals surface area contributed by atoms with Gasteiger partial charge in [0.2, 0.25) is 0 Å². The summed E-state index contributed by atoms with van der Waals surface area (Å²) >= 11 is 5.92. The minimum Gasteiger partial charge on any atom is -0.455 e. The molecule has 1 aliphatic heterocycles. The summed E-state index contributed by atoms with van der Waals surface area (Å²) in [6, 6.07) is 4.42. The van der Waals surface area contributed by atoms with E-state index in [1.54, 1.807) is 6.07 Å². The minimum atomic E-state index is -4.86. The average molecular weight is 433 g/mol. The van der Waals surface area contributed by atoms with E-state index >= 15 is 0 Å². The Labute approximate surface area is 164 Å². The maximum Gasteiger partial charge on any atom is 0.355 e. The fourth-order valence-corrected chi connectivity index (χ4v) is 4.15. The third kappa shape index (κ3) is 3.41. The minimum absolute atomic E-state index is 0.0220. The van der Waals surface area contributed by atoms with Gasteiger partial charge in [-0.05, 0) is 18.6 Å². The number of benzene rings is 1. The van der Waals surface area contributed by atoms with Crippen molar-refractivity contribution in [1.82, 2.24) is 4.98 Å². The highest BCUT2D eigenvalue weighted by Gasteiger charge is 2.48. The van der Waals surface area contributed by atoms with Crippen LogP contribution in [0.4, 0.5) is 14.5 Å². The number of hydrogen-bond acceptors (Lipinski definition) is 6. The summed E-state index contributed by atoms with van der Waals surface area (Å²) in [5.74, 6) is -3.97. The summed E-state index contributed by atoms with van der Waals surface area (Å²) < 4.78 is 68.4. The largest absolute Gasteiger partial charge is 0.455 e. The van der Waals surface area contributed by atoms with Crippen LogP contribution in [0.2, 0.25) is 5.02 Å². The topological polar surface area (TPSA) is 86.8 Å². The van der Waals surface area contributed by atoms with E-state index < -0.39 is 21.6 Å². The number of sulfonamides is 1. The van der Waals surface area contributed by atoms with E-state index in [9.17, 15) is 17.2 Å². The van der Waals surface area contributed by atoms with E-state index in [0.29, 0.717) is 53.7 Å². The van der Waals surface area contributed by atoms with Crippen molar-refractivity contribution in [2.45, 2.75) is 24.4 Å². The van der Waals surface area contributed by atoms with Crippen LogP contribution in [0.25, 0.3) is 0 Å². The van der Waals surface area contributed by atoms with Crippen molar-refractivity contribution in [3.63, 3.8) is 0 Å². The van der Waals surface area contributed by atoms with Gasteiger partial charge >= 0.3 is 5.76 Å². The number of alkyl halides is 2. The van der Waals surface area contributed by atoms with Crippen LogP contribution in [0.5, 0.6) is 11.5 Å². The van der Waals surface area contributed by atoms with Gasteiger partial charge in [0.15, 0.2) is 5.79 Å². The number of halogens is 3. The van der Waals surface area contributed by atoms with Crippen molar-refractivity contribution in [2.75, 3.05) is 17.9 Å². The molecule has 0 atom stereocenters. The zero-order valence-electron chi connectivity index (χ0n) is 14.3. The number of pyridine rings is 1. The molecular formula is C17H15ClF2N2O5S. The third-order valence-electron chi connectivity index (χ3n) is 4.50. The summed E-state index contributed by atoms with van der Waals surface area (Å²) in [6.45, 7) is 0.619. The predicted octanol–water partition coefficient (Wildman–Crippen LogP) is 3.64. The number of rotatable bonds is 5. The lowest BCUT2D eigenvalue weighted by atomic mass is 10.0. The molecule has 1 spiro atoms. The van der Waals surface area contributed by atoms with Crippen LogP contribution in [0, 0.1) is 0 Å². The lowest BCUT2D eigenvalue weighted by Gasteiger charge is -2.26. The van der Waals surface area contributed by atoms with E-state index in [4.69, 9.17) is 25.8 Å². The number of hydrogen-bond donors (Lipinski definition) is 1. The van der Waals surface area contributed by atoms with Gasteiger partial charge in [0.05, 0.1) is 30.1 Å². The van der Waals surface area contributed by atoms with Gasteiger partial charge in [-0.2, -0.15) is 8.78 Å². The van der Waals surface area contributed by atoms with E-state index in [1.807, 2.05) is 4.72 Å². The maximum absolute atomic E-state index is 12.9. The molecule has 0 saturated carbocycles. The number of aromatic nitrogens is 1. The van der Waals surface area contributed by atoms with Crippen LogP contribution >= 0.6 is 11.6 Å². The molecule has 28 heavy (non-hydrogen) atoms. The quantitative estimate of drug-likeness (QED) is 0.776. The lowest BCUT2D eigenvalue weighted by molar-refractivity contribution is -0.162. The van der Waals surface area contributed by atoms with Crippen LogP contribution in [0.3, 0.4) is 0 Å². The third-order valence-corrected chi connectivity index (χ3v) is 5.68. The molecule has 150 valence electrons. The first-order chi connectivity index (χ1) is 13.3. The highest BCUT2D eigenvalue weighted by atomic mass is 35.5. The zero-order valence-corrected chi connectivity index (χ0v) is 15.9. The molecule has 2 heterocycles. The first-order valence-electron chi connectivity index (χ1n) is 8.33. The SMILES string of the molecule is O=S(=O)(Nc1ccc(Oc2cncc(Cl)c2)c2c1C1(CC2)OCCO1)C(F)F. The predicted molar refractivity (Wildman–Crippen MR) is 96.2 cm³/mol. The van der Waals surface area contributed by atoms with E-state index in [2.05, 4.69) is 4.98 Å². The van der Waals surface area contributed by atoms with Gasteiger partial charge in [-0.25, -0.2) is 8.42 Å². The molecule has 4 rings (SSSR count). The molecule has 2 aliphatic rings. The van der Waals surface area contributed by atoms with Crippen molar-refractivity contribution in [3.05, 3.63) is 46.7 Å². The van der Waals surface area contributed by atoms with Gasteiger partial charge in [-0.3, -0.25) is 9.71 Å².